The van der Waals surface area contributed by atoms with Gasteiger partial charge < -0.3 is 4.52 Å². The van der Waals surface area contributed by atoms with E-state index in [1.165, 1.54) is 6.92 Å². The molecule has 16 heavy (non-hydrogen) atoms. The fourth-order valence-corrected chi connectivity index (χ4v) is 5.34. The molecule has 0 amide bonds. The first-order chi connectivity index (χ1) is 7.27. The Morgan fingerprint density at radius 1 is 1.19 bits per heavy atom. The van der Waals surface area contributed by atoms with Gasteiger partial charge in [-0.3, -0.25) is 0 Å². The molecule has 0 aromatic rings. The predicted octanol–water partition coefficient (Wildman–Crippen LogP) is 5.31. The van der Waals surface area contributed by atoms with E-state index in [0.717, 1.165) is 0 Å². The molecular formula is C4H5F5N3OP3. The normalized spacial score (nSPS) is 27.6. The summed E-state index contributed by atoms with van der Waals surface area (Å²) in [6.07, 6.45) is -5.73. The van der Waals surface area contributed by atoms with Crippen LogP contribution in [-0.2, 0) is 4.52 Å². The first-order valence-electron chi connectivity index (χ1n) is 3.80. The van der Waals surface area contributed by atoms with E-state index in [2.05, 4.69) is 18.1 Å². The van der Waals surface area contributed by atoms with Gasteiger partial charge in [-0.05, 0) is 6.92 Å². The lowest BCUT2D eigenvalue weighted by Gasteiger charge is -2.28. The smallest absolute Gasteiger partial charge is 0.323 e. The molecule has 0 spiro atoms. The maximum atomic E-state index is 13.2. The summed E-state index contributed by atoms with van der Waals surface area (Å²) in [5.74, 6) is 0. The molecule has 0 aliphatic carbocycles. The lowest BCUT2D eigenvalue weighted by Crippen LogP contribution is -2.36. The van der Waals surface area contributed by atoms with E-state index in [9.17, 15) is 22.0 Å². The van der Waals surface area contributed by atoms with Crippen LogP contribution in [0.2, 0.25) is 0 Å². The highest BCUT2D eigenvalue weighted by atomic mass is 31.2. The SMILES string of the molecule is CCOP1(C(F)(F)C(F)(F)F)=NP=NP=N1. The van der Waals surface area contributed by atoms with Crippen LogP contribution in [0.3, 0.4) is 0 Å². The van der Waals surface area contributed by atoms with E-state index < -0.39 is 19.3 Å². The molecule has 12 heteroatoms. The van der Waals surface area contributed by atoms with Crippen molar-refractivity contribution in [1.29, 1.82) is 0 Å². The summed E-state index contributed by atoms with van der Waals surface area (Å²) in [5, 5.41) is 0. The molecule has 0 bridgehead atoms. The van der Waals surface area contributed by atoms with Crippen LogP contribution >= 0.6 is 24.5 Å². The largest absolute Gasteiger partial charge is 0.463 e. The average Bonchev–Trinajstić information content (AvgIpc) is 2.17. The minimum atomic E-state index is -5.73. The van der Waals surface area contributed by atoms with Crippen LogP contribution in [0.4, 0.5) is 22.0 Å². The Bertz CT molecular complexity index is 378. The van der Waals surface area contributed by atoms with Gasteiger partial charge >= 0.3 is 11.8 Å². The Morgan fingerprint density at radius 2 is 1.81 bits per heavy atom. The summed E-state index contributed by atoms with van der Waals surface area (Å²) in [7, 11) is -4.96. The van der Waals surface area contributed by atoms with Crippen LogP contribution in [0.25, 0.3) is 0 Å². The zero-order valence-corrected chi connectivity index (χ0v) is 10.4. The van der Waals surface area contributed by atoms with Crippen LogP contribution in [0.5, 0.6) is 0 Å². The number of halogens is 5. The first-order valence-corrected chi connectivity index (χ1v) is 7.01. The molecule has 0 aromatic heterocycles. The molecule has 0 N–H and O–H groups in total. The Balaban J connectivity index is 3.29. The molecule has 1 unspecified atom stereocenters. The van der Waals surface area contributed by atoms with Gasteiger partial charge in [-0.25, -0.2) is 0 Å². The summed E-state index contributed by atoms with van der Waals surface area (Å²) in [6, 6.07) is 0. The van der Waals surface area contributed by atoms with Crippen molar-refractivity contribution in [3.8, 4) is 0 Å². The van der Waals surface area contributed by atoms with Crippen LogP contribution in [-0.4, -0.2) is 18.4 Å². The molecule has 0 radical (unpaired) electrons. The molecule has 1 aliphatic heterocycles. The van der Waals surface area contributed by atoms with Crippen molar-refractivity contribution in [2.45, 2.75) is 18.8 Å². The van der Waals surface area contributed by atoms with Gasteiger partial charge in [0.05, 0.1) is 6.61 Å². The molecule has 92 valence electrons. The number of alkyl halides is 5. The third kappa shape index (κ3) is 2.33. The van der Waals surface area contributed by atoms with Gasteiger partial charge in [0.2, 0.25) is 0 Å². The Hall–Kier alpha value is 0.0400. The molecule has 0 fully saturated rings. The molecule has 1 atom stereocenters. The Morgan fingerprint density at radius 3 is 2.19 bits per heavy atom. The molecule has 0 saturated heterocycles. The number of hydrogen-bond donors (Lipinski definition) is 0. The topological polar surface area (TPSA) is 46.3 Å². The third-order valence-corrected chi connectivity index (χ3v) is 6.24. The van der Waals surface area contributed by atoms with Gasteiger partial charge in [-0.15, -0.1) is 0 Å². The summed E-state index contributed by atoms with van der Waals surface area (Å²) < 4.78 is 77.3. The van der Waals surface area contributed by atoms with Crippen LogP contribution in [0.1, 0.15) is 6.92 Å². The van der Waals surface area contributed by atoms with Crippen molar-refractivity contribution in [2.24, 2.45) is 13.5 Å². The van der Waals surface area contributed by atoms with Crippen LogP contribution < -0.4 is 0 Å². The maximum Gasteiger partial charge on any atom is 0.463 e. The Labute approximate surface area is 90.7 Å². The lowest BCUT2D eigenvalue weighted by atomic mass is 10.7. The van der Waals surface area contributed by atoms with E-state index in [-0.39, 0.29) is 23.7 Å². The summed E-state index contributed by atoms with van der Waals surface area (Å²) >= 11 is 0. The highest BCUT2D eigenvalue weighted by Gasteiger charge is 2.69. The van der Waals surface area contributed by atoms with Crippen molar-refractivity contribution in [3.63, 3.8) is 0 Å². The minimum absolute atomic E-state index is 0.212. The van der Waals surface area contributed by atoms with Gasteiger partial charge in [0.25, 0.3) is 7.43 Å². The first kappa shape index (κ1) is 14.1. The van der Waals surface area contributed by atoms with Crippen molar-refractivity contribution >= 4 is 24.5 Å². The molecule has 0 saturated carbocycles. The summed E-state index contributed by atoms with van der Waals surface area (Å²) in [4.78, 5) is 0. The number of hydrogen-bond acceptors (Lipinski definition) is 4. The van der Waals surface area contributed by atoms with E-state index in [1.807, 2.05) is 0 Å². The van der Waals surface area contributed by atoms with Crippen molar-refractivity contribution in [2.75, 3.05) is 6.61 Å². The zero-order chi connectivity index (χ0) is 12.4. The Kier molecular flexibility index (Phi) is 4.17. The monoisotopic (exact) mass is 299 g/mol. The molecule has 1 rings (SSSR count). The summed E-state index contributed by atoms with van der Waals surface area (Å²) in [6.45, 7) is 0.982. The highest BCUT2D eigenvalue weighted by Crippen LogP contribution is 2.73. The van der Waals surface area contributed by atoms with Gasteiger partial charge in [-0.1, -0.05) is 0 Å². The number of rotatable bonds is 3. The highest BCUT2D eigenvalue weighted by molar-refractivity contribution is 7.69. The fourth-order valence-electron chi connectivity index (χ4n) is 0.770. The zero-order valence-electron chi connectivity index (χ0n) is 7.69. The van der Waals surface area contributed by atoms with Gasteiger partial charge in [0.1, 0.15) is 0 Å². The fraction of sp³-hybridized carbons (Fsp3) is 1.00. The summed E-state index contributed by atoms with van der Waals surface area (Å²) in [5.41, 5.74) is -5.06. The second kappa shape index (κ2) is 4.73. The predicted molar refractivity (Wildman–Crippen MR) is 50.7 cm³/mol. The minimum Gasteiger partial charge on any atom is -0.323 e. The van der Waals surface area contributed by atoms with Crippen molar-refractivity contribution in [3.05, 3.63) is 0 Å². The molecular weight excluding hydrogens is 294 g/mol. The molecule has 0 aromatic carbocycles. The van der Waals surface area contributed by atoms with E-state index in [0.29, 0.717) is 0 Å². The van der Waals surface area contributed by atoms with Gasteiger partial charge in [0, 0.05) is 0 Å². The lowest BCUT2D eigenvalue weighted by molar-refractivity contribution is -0.244. The van der Waals surface area contributed by atoms with Crippen LogP contribution in [0, 0.1) is 0 Å². The molecule has 1 heterocycles. The average molecular weight is 299 g/mol. The van der Waals surface area contributed by atoms with Crippen molar-refractivity contribution in [1.82, 2.24) is 0 Å². The van der Waals surface area contributed by atoms with Gasteiger partial charge in [0.15, 0.2) is 17.0 Å². The van der Waals surface area contributed by atoms with Gasteiger partial charge in [-0.2, -0.15) is 35.5 Å². The second-order valence-electron chi connectivity index (χ2n) is 2.45. The van der Waals surface area contributed by atoms with E-state index in [1.54, 1.807) is 0 Å². The quantitative estimate of drug-likeness (QED) is 0.514. The third-order valence-electron chi connectivity index (χ3n) is 1.42. The number of nitrogens with zero attached hydrogens (tertiary/aromatic N) is 3. The van der Waals surface area contributed by atoms with E-state index >= 15 is 0 Å². The molecule has 4 nitrogen and oxygen atoms in total. The second-order valence-corrected chi connectivity index (χ2v) is 6.86. The molecule has 1 aliphatic rings. The standard InChI is InChI=1S/C4H5F5N3OP3/c1-2-13-16(11-14-10-15-12-16)4(8,9)3(5,6)7/h2H2,1H3. The maximum absolute atomic E-state index is 13.2. The van der Waals surface area contributed by atoms with E-state index in [4.69, 9.17) is 0 Å². The van der Waals surface area contributed by atoms with Crippen molar-refractivity contribution < 1.29 is 26.5 Å². The van der Waals surface area contributed by atoms with Crippen LogP contribution in [0.15, 0.2) is 13.5 Å².